The Labute approximate surface area is 139 Å². The van der Waals surface area contributed by atoms with Gasteiger partial charge in [0.1, 0.15) is 4.21 Å². The maximum Gasteiger partial charge on any atom is 0.270 e. The van der Waals surface area contributed by atoms with Crippen LogP contribution in [0.2, 0.25) is 0 Å². The van der Waals surface area contributed by atoms with Gasteiger partial charge in [-0.05, 0) is 36.8 Å². The lowest BCUT2D eigenvalue weighted by molar-refractivity contribution is 0.0950. The molecule has 0 aliphatic carbocycles. The van der Waals surface area contributed by atoms with E-state index >= 15 is 0 Å². The van der Waals surface area contributed by atoms with E-state index in [-0.39, 0.29) is 16.7 Å². The van der Waals surface area contributed by atoms with Crippen molar-refractivity contribution < 1.29 is 13.2 Å². The molecular weight excluding hydrogens is 398 g/mol. The first-order valence-electron chi connectivity index (χ1n) is 5.85. The summed E-state index contributed by atoms with van der Waals surface area (Å²) in [5.41, 5.74) is 1.43. The van der Waals surface area contributed by atoms with Crippen molar-refractivity contribution >= 4 is 52.9 Å². The number of amides is 1. The third-order valence-electron chi connectivity index (χ3n) is 2.81. The van der Waals surface area contributed by atoms with Gasteiger partial charge in [-0.2, -0.15) is 0 Å². The monoisotopic (exact) mass is 407 g/mol. The fraction of sp³-hybridized carbons (Fsp3) is 0.154. The van der Waals surface area contributed by atoms with Crippen LogP contribution in [0.4, 0.5) is 0 Å². The maximum absolute atomic E-state index is 12.1. The molecule has 4 nitrogen and oxygen atoms in total. The molecule has 0 aliphatic rings. The lowest BCUT2D eigenvalue weighted by Gasteiger charge is -2.08. The van der Waals surface area contributed by atoms with Crippen LogP contribution in [-0.4, -0.2) is 14.3 Å². The zero-order valence-corrected chi connectivity index (χ0v) is 14.9. The fourth-order valence-electron chi connectivity index (χ4n) is 1.70. The fourth-order valence-corrected chi connectivity index (χ4v) is 4.13. The molecule has 0 unspecified atom stereocenters. The van der Waals surface area contributed by atoms with Gasteiger partial charge < -0.3 is 5.32 Å². The van der Waals surface area contributed by atoms with Gasteiger partial charge in [0.25, 0.3) is 15.0 Å². The van der Waals surface area contributed by atoms with Crippen LogP contribution in [0.5, 0.6) is 0 Å². The minimum Gasteiger partial charge on any atom is -0.347 e. The van der Waals surface area contributed by atoms with E-state index in [1.807, 2.05) is 13.0 Å². The molecule has 2 aromatic rings. The summed E-state index contributed by atoms with van der Waals surface area (Å²) in [5, 5.41) is 2.76. The maximum atomic E-state index is 12.1. The normalized spacial score (nSPS) is 11.4. The first-order valence-corrected chi connectivity index (χ1v) is 9.77. The van der Waals surface area contributed by atoms with E-state index in [9.17, 15) is 13.2 Å². The van der Waals surface area contributed by atoms with Gasteiger partial charge in [0.05, 0.1) is 6.54 Å². The zero-order valence-electron chi connectivity index (χ0n) is 10.9. The van der Waals surface area contributed by atoms with Gasteiger partial charge in [-0.25, -0.2) is 8.42 Å². The molecule has 0 saturated heterocycles. The molecule has 1 aromatic carbocycles. The third-order valence-corrected chi connectivity index (χ3v) is 6.85. The lowest BCUT2D eigenvalue weighted by Crippen LogP contribution is -2.23. The van der Waals surface area contributed by atoms with Crippen LogP contribution in [0.1, 0.15) is 20.8 Å². The third kappa shape index (κ3) is 4.06. The van der Waals surface area contributed by atoms with E-state index in [0.717, 1.165) is 26.3 Å². The van der Waals surface area contributed by atoms with E-state index in [4.69, 9.17) is 10.7 Å². The van der Waals surface area contributed by atoms with Crippen LogP contribution < -0.4 is 5.32 Å². The second-order valence-electron chi connectivity index (χ2n) is 4.25. The summed E-state index contributed by atoms with van der Waals surface area (Å²) in [7, 11) is 1.55. The Bertz CT molecular complexity index is 786. The number of hydrogen-bond acceptors (Lipinski definition) is 4. The number of thiophene rings is 1. The Kier molecular flexibility index (Phi) is 5.08. The molecule has 21 heavy (non-hydrogen) atoms. The van der Waals surface area contributed by atoms with E-state index in [0.29, 0.717) is 5.56 Å². The van der Waals surface area contributed by atoms with Gasteiger partial charge in [0.15, 0.2) is 0 Å². The number of rotatable bonds is 4. The summed E-state index contributed by atoms with van der Waals surface area (Å²) >= 11 is 4.42. The molecule has 2 rings (SSSR count). The second kappa shape index (κ2) is 6.48. The predicted molar refractivity (Wildman–Crippen MR) is 87.4 cm³/mol. The average Bonchev–Trinajstić information content (AvgIpc) is 2.88. The zero-order chi connectivity index (χ0) is 15.6. The van der Waals surface area contributed by atoms with Crippen molar-refractivity contribution in [2.45, 2.75) is 17.7 Å². The van der Waals surface area contributed by atoms with Crippen LogP contribution in [0.15, 0.2) is 39.0 Å². The van der Waals surface area contributed by atoms with Crippen LogP contribution >= 0.6 is 37.9 Å². The summed E-state index contributed by atoms with van der Waals surface area (Å²) in [6.45, 7) is 2.10. The Morgan fingerprint density at radius 1 is 1.33 bits per heavy atom. The molecule has 1 amide bonds. The Balaban J connectivity index is 2.08. The number of halogens is 2. The number of carbonyl (C=O) groups is 1. The van der Waals surface area contributed by atoms with E-state index in [2.05, 4.69) is 21.2 Å². The number of benzene rings is 1. The smallest absolute Gasteiger partial charge is 0.270 e. The molecule has 1 N–H and O–H groups in total. The van der Waals surface area contributed by atoms with Crippen LogP contribution in [-0.2, 0) is 15.6 Å². The van der Waals surface area contributed by atoms with Crippen molar-refractivity contribution in [3.63, 3.8) is 0 Å². The first-order chi connectivity index (χ1) is 9.79. The molecule has 0 fully saturated rings. The summed E-state index contributed by atoms with van der Waals surface area (Å²) in [4.78, 5) is 12.8. The Morgan fingerprint density at radius 2 is 2.05 bits per heavy atom. The van der Waals surface area contributed by atoms with Gasteiger partial charge in [0, 0.05) is 25.6 Å². The van der Waals surface area contributed by atoms with Crippen molar-refractivity contribution in [3.8, 4) is 0 Å². The summed E-state index contributed by atoms with van der Waals surface area (Å²) in [6.07, 6.45) is 0. The summed E-state index contributed by atoms with van der Waals surface area (Å²) in [5.74, 6) is -0.211. The highest BCUT2D eigenvalue weighted by molar-refractivity contribution is 9.10. The van der Waals surface area contributed by atoms with E-state index in [1.165, 1.54) is 6.07 Å². The standard InChI is InChI=1S/C13H11BrClNO3S2/c1-8-10(3-2-4-11(8)14)13(17)16-7-9-5-6-12(20-9)21(15,18)19/h2-6H,7H2,1H3,(H,16,17). The van der Waals surface area contributed by atoms with Gasteiger partial charge in [-0.3, -0.25) is 4.79 Å². The van der Waals surface area contributed by atoms with Crippen molar-refractivity contribution in [3.05, 3.63) is 50.8 Å². The predicted octanol–water partition coefficient (Wildman–Crippen LogP) is 3.68. The molecular formula is C13H11BrClNO3S2. The van der Waals surface area contributed by atoms with Crippen molar-refractivity contribution in [1.82, 2.24) is 5.32 Å². The van der Waals surface area contributed by atoms with E-state index < -0.39 is 9.05 Å². The molecule has 0 radical (unpaired) electrons. The van der Waals surface area contributed by atoms with Crippen LogP contribution in [0, 0.1) is 6.92 Å². The highest BCUT2D eigenvalue weighted by Gasteiger charge is 2.14. The first kappa shape index (κ1) is 16.5. The molecule has 8 heteroatoms. The Hall–Kier alpha value is -0.890. The number of carbonyl (C=O) groups excluding carboxylic acids is 1. The molecule has 0 spiro atoms. The van der Waals surface area contributed by atoms with Gasteiger partial charge in [-0.1, -0.05) is 22.0 Å². The molecule has 0 bridgehead atoms. The van der Waals surface area contributed by atoms with Gasteiger partial charge in [-0.15, -0.1) is 11.3 Å². The van der Waals surface area contributed by atoms with Crippen molar-refractivity contribution in [2.75, 3.05) is 0 Å². The van der Waals surface area contributed by atoms with Gasteiger partial charge >= 0.3 is 0 Å². The minimum absolute atomic E-state index is 0.0760. The number of hydrogen-bond donors (Lipinski definition) is 1. The topological polar surface area (TPSA) is 63.2 Å². The lowest BCUT2D eigenvalue weighted by atomic mass is 10.1. The molecule has 112 valence electrons. The SMILES string of the molecule is Cc1c(Br)cccc1C(=O)NCc1ccc(S(=O)(=O)Cl)s1. The largest absolute Gasteiger partial charge is 0.347 e. The van der Waals surface area contributed by atoms with Gasteiger partial charge in [0.2, 0.25) is 0 Å². The van der Waals surface area contributed by atoms with Crippen molar-refractivity contribution in [1.29, 1.82) is 0 Å². The Morgan fingerprint density at radius 3 is 2.67 bits per heavy atom. The quantitative estimate of drug-likeness (QED) is 0.785. The highest BCUT2D eigenvalue weighted by Crippen LogP contribution is 2.25. The van der Waals surface area contributed by atoms with Crippen molar-refractivity contribution in [2.24, 2.45) is 0 Å². The van der Waals surface area contributed by atoms with Crippen LogP contribution in [0.3, 0.4) is 0 Å². The van der Waals surface area contributed by atoms with E-state index in [1.54, 1.807) is 18.2 Å². The molecule has 0 aliphatic heterocycles. The minimum atomic E-state index is -3.71. The number of nitrogens with one attached hydrogen (secondary N) is 1. The summed E-state index contributed by atoms with van der Waals surface area (Å²) < 4.78 is 23.3. The summed E-state index contributed by atoms with van der Waals surface area (Å²) in [6, 6.07) is 8.45. The second-order valence-corrected chi connectivity index (χ2v) is 9.07. The highest BCUT2D eigenvalue weighted by atomic mass is 79.9. The molecule has 1 aromatic heterocycles. The molecule has 0 saturated carbocycles. The molecule has 1 heterocycles. The molecule has 0 atom stereocenters. The van der Waals surface area contributed by atoms with Crippen LogP contribution in [0.25, 0.3) is 0 Å². The average molecular weight is 409 g/mol.